The van der Waals surface area contributed by atoms with Gasteiger partial charge in [0, 0.05) is 18.1 Å². The lowest BCUT2D eigenvalue weighted by Crippen LogP contribution is -2.48. The van der Waals surface area contributed by atoms with Gasteiger partial charge in [-0.25, -0.2) is 4.39 Å². The molecule has 2 rings (SSSR count). The fourth-order valence-electron chi connectivity index (χ4n) is 1.99. The van der Waals surface area contributed by atoms with Gasteiger partial charge in [-0.15, -0.1) is 0 Å². The van der Waals surface area contributed by atoms with Crippen LogP contribution >= 0.6 is 12.2 Å². The van der Waals surface area contributed by atoms with Crippen molar-refractivity contribution in [3.8, 4) is 0 Å². The molecule has 1 heterocycles. The fraction of sp³-hybridized carbons (Fsp3) is 0.375. The first-order chi connectivity index (χ1) is 10.3. The van der Waals surface area contributed by atoms with Crippen molar-refractivity contribution in [3.05, 3.63) is 48.5 Å². The Bertz CT molecular complexity index is 602. The summed E-state index contributed by atoms with van der Waals surface area (Å²) in [6.07, 6.45) is 3.69. The van der Waals surface area contributed by atoms with Crippen LogP contribution in [0.4, 0.5) is 10.1 Å². The van der Waals surface area contributed by atoms with Gasteiger partial charge in [0.15, 0.2) is 5.11 Å². The van der Waals surface area contributed by atoms with Crippen LogP contribution in [0.25, 0.3) is 0 Å². The lowest BCUT2D eigenvalue weighted by Gasteiger charge is -2.32. The molecule has 22 heavy (non-hydrogen) atoms. The zero-order valence-electron chi connectivity index (χ0n) is 13.0. The Morgan fingerprint density at radius 2 is 2.00 bits per heavy atom. The molecule has 0 saturated carbocycles. The predicted octanol–water partition coefficient (Wildman–Crippen LogP) is 3.42. The number of nitrogens with one attached hydrogen (secondary N) is 2. The minimum Gasteiger partial charge on any atom is -0.357 e. The second-order valence-corrected chi connectivity index (χ2v) is 6.66. The number of rotatable bonds is 4. The number of thiocarbonyl (C=S) groups is 1. The van der Waals surface area contributed by atoms with E-state index in [4.69, 9.17) is 12.2 Å². The SMILES string of the molecule is CC(C)(C)C(Cn1cccn1)NC(=S)Nc1ccc(F)cc1. The molecule has 0 spiro atoms. The van der Waals surface area contributed by atoms with Gasteiger partial charge in [-0.2, -0.15) is 5.10 Å². The highest BCUT2D eigenvalue weighted by atomic mass is 32.1. The largest absolute Gasteiger partial charge is 0.357 e. The Kier molecular flexibility index (Phi) is 5.13. The van der Waals surface area contributed by atoms with E-state index < -0.39 is 0 Å². The third kappa shape index (κ3) is 4.80. The lowest BCUT2D eigenvalue weighted by atomic mass is 9.87. The van der Waals surface area contributed by atoms with Crippen LogP contribution in [0.15, 0.2) is 42.7 Å². The zero-order valence-corrected chi connectivity index (χ0v) is 13.8. The van der Waals surface area contributed by atoms with E-state index in [9.17, 15) is 4.39 Å². The van der Waals surface area contributed by atoms with Crippen LogP contribution < -0.4 is 10.6 Å². The zero-order chi connectivity index (χ0) is 16.2. The molecule has 0 aliphatic carbocycles. The van der Waals surface area contributed by atoms with Crippen molar-refractivity contribution in [2.24, 2.45) is 5.41 Å². The smallest absolute Gasteiger partial charge is 0.171 e. The highest BCUT2D eigenvalue weighted by molar-refractivity contribution is 7.80. The lowest BCUT2D eigenvalue weighted by molar-refractivity contribution is 0.262. The van der Waals surface area contributed by atoms with E-state index in [2.05, 4.69) is 36.5 Å². The maximum Gasteiger partial charge on any atom is 0.171 e. The Balaban J connectivity index is 2.00. The molecule has 0 radical (unpaired) electrons. The van der Waals surface area contributed by atoms with Crippen molar-refractivity contribution in [1.29, 1.82) is 0 Å². The quantitative estimate of drug-likeness (QED) is 0.847. The number of benzene rings is 1. The monoisotopic (exact) mass is 320 g/mol. The van der Waals surface area contributed by atoms with Gasteiger partial charge >= 0.3 is 0 Å². The average molecular weight is 320 g/mol. The molecule has 0 saturated heterocycles. The third-order valence-corrected chi connectivity index (χ3v) is 3.60. The summed E-state index contributed by atoms with van der Waals surface area (Å²) in [5.74, 6) is -0.268. The summed E-state index contributed by atoms with van der Waals surface area (Å²) in [6.45, 7) is 7.15. The van der Waals surface area contributed by atoms with Crippen molar-refractivity contribution in [1.82, 2.24) is 15.1 Å². The van der Waals surface area contributed by atoms with Gasteiger partial charge in [0.25, 0.3) is 0 Å². The van der Waals surface area contributed by atoms with Gasteiger partial charge in [-0.3, -0.25) is 4.68 Å². The van der Waals surface area contributed by atoms with E-state index >= 15 is 0 Å². The topological polar surface area (TPSA) is 41.9 Å². The molecular formula is C16H21FN4S. The molecule has 2 N–H and O–H groups in total. The summed E-state index contributed by atoms with van der Waals surface area (Å²) in [4.78, 5) is 0. The molecule has 6 heteroatoms. The van der Waals surface area contributed by atoms with Crippen molar-refractivity contribution in [3.63, 3.8) is 0 Å². The van der Waals surface area contributed by atoms with Crippen LogP contribution in [0.1, 0.15) is 20.8 Å². The number of nitrogens with zero attached hydrogens (tertiary/aromatic N) is 2. The molecule has 0 aliphatic heterocycles. The van der Waals surface area contributed by atoms with Gasteiger partial charge in [-0.05, 0) is 48.0 Å². The van der Waals surface area contributed by atoms with E-state index in [0.29, 0.717) is 11.7 Å². The minimum absolute atomic E-state index is 0.000482. The summed E-state index contributed by atoms with van der Waals surface area (Å²) in [5.41, 5.74) is 0.756. The van der Waals surface area contributed by atoms with Crippen molar-refractivity contribution in [2.75, 3.05) is 5.32 Å². The van der Waals surface area contributed by atoms with Crippen molar-refractivity contribution < 1.29 is 4.39 Å². The van der Waals surface area contributed by atoms with Crippen LogP contribution in [-0.2, 0) is 6.54 Å². The molecule has 4 nitrogen and oxygen atoms in total. The third-order valence-electron chi connectivity index (χ3n) is 3.38. The van der Waals surface area contributed by atoms with Gasteiger partial charge in [0.1, 0.15) is 5.82 Å². The standard InChI is InChI=1S/C16H21FN4S/c1-16(2,3)14(11-21-10-4-9-18-21)20-15(22)19-13-7-5-12(17)6-8-13/h4-10,14H,11H2,1-3H3,(H2,19,20,22). The van der Waals surface area contributed by atoms with Crippen LogP contribution in [0.3, 0.4) is 0 Å². The normalized spacial score (nSPS) is 12.7. The van der Waals surface area contributed by atoms with E-state index in [1.54, 1.807) is 18.3 Å². The van der Waals surface area contributed by atoms with E-state index in [-0.39, 0.29) is 17.3 Å². The minimum atomic E-state index is -0.268. The van der Waals surface area contributed by atoms with Gasteiger partial charge in [0.05, 0.1) is 12.6 Å². The van der Waals surface area contributed by atoms with Gasteiger partial charge in [0.2, 0.25) is 0 Å². The second-order valence-electron chi connectivity index (χ2n) is 6.25. The Morgan fingerprint density at radius 3 is 2.55 bits per heavy atom. The number of aromatic nitrogens is 2. The molecular weight excluding hydrogens is 299 g/mol. The first-order valence-corrected chi connectivity index (χ1v) is 7.56. The first kappa shape index (κ1) is 16.4. The maximum absolute atomic E-state index is 12.9. The van der Waals surface area contributed by atoms with Gasteiger partial charge < -0.3 is 10.6 Å². The molecule has 1 unspecified atom stereocenters. The molecule has 0 aliphatic rings. The van der Waals surface area contributed by atoms with E-state index in [1.165, 1.54) is 12.1 Å². The highest BCUT2D eigenvalue weighted by Gasteiger charge is 2.25. The predicted molar refractivity (Wildman–Crippen MR) is 91.2 cm³/mol. The summed E-state index contributed by atoms with van der Waals surface area (Å²) in [5, 5.41) is 11.2. The van der Waals surface area contributed by atoms with Crippen molar-refractivity contribution >= 4 is 23.0 Å². The highest BCUT2D eigenvalue weighted by Crippen LogP contribution is 2.21. The Hall–Kier alpha value is -1.95. The molecule has 0 fully saturated rings. The Morgan fingerprint density at radius 1 is 1.32 bits per heavy atom. The number of anilines is 1. The molecule has 0 amide bonds. The van der Waals surface area contributed by atoms with E-state index in [1.807, 2.05) is 16.9 Å². The summed E-state index contributed by atoms with van der Waals surface area (Å²) in [6, 6.07) is 8.11. The molecule has 1 aromatic heterocycles. The van der Waals surface area contributed by atoms with Crippen LogP contribution in [0.2, 0.25) is 0 Å². The number of halogens is 1. The summed E-state index contributed by atoms with van der Waals surface area (Å²) >= 11 is 5.36. The van der Waals surface area contributed by atoms with E-state index in [0.717, 1.165) is 5.69 Å². The molecule has 1 aromatic carbocycles. The molecule has 2 aromatic rings. The summed E-state index contributed by atoms with van der Waals surface area (Å²) in [7, 11) is 0. The first-order valence-electron chi connectivity index (χ1n) is 7.15. The Labute approximate surface area is 135 Å². The van der Waals surface area contributed by atoms with Crippen LogP contribution in [0, 0.1) is 11.2 Å². The summed E-state index contributed by atoms with van der Waals surface area (Å²) < 4.78 is 14.8. The number of hydrogen-bond acceptors (Lipinski definition) is 2. The molecule has 0 bridgehead atoms. The fourth-order valence-corrected chi connectivity index (χ4v) is 2.25. The second kappa shape index (κ2) is 6.87. The average Bonchev–Trinajstić information content (AvgIpc) is 2.92. The van der Waals surface area contributed by atoms with Crippen LogP contribution in [0.5, 0.6) is 0 Å². The molecule has 118 valence electrons. The number of hydrogen-bond donors (Lipinski definition) is 2. The van der Waals surface area contributed by atoms with Crippen LogP contribution in [-0.4, -0.2) is 20.9 Å². The van der Waals surface area contributed by atoms with Gasteiger partial charge in [-0.1, -0.05) is 20.8 Å². The molecule has 1 atom stereocenters. The van der Waals surface area contributed by atoms with Crippen molar-refractivity contribution in [2.45, 2.75) is 33.4 Å². The maximum atomic E-state index is 12.9.